The Kier molecular flexibility index (Phi) is 5.95. The Balaban J connectivity index is 2.36. The lowest BCUT2D eigenvalue weighted by Crippen LogP contribution is -2.16. The molecule has 1 rings (SSSR count). The largest absolute Gasteiger partial charge is 0.368 e. The van der Waals surface area contributed by atoms with Crippen molar-refractivity contribution in [2.24, 2.45) is 0 Å². The summed E-state index contributed by atoms with van der Waals surface area (Å²) in [5.41, 5.74) is 1.03. The van der Waals surface area contributed by atoms with Gasteiger partial charge < -0.3 is 5.32 Å². The van der Waals surface area contributed by atoms with Gasteiger partial charge in [-0.25, -0.2) is 9.97 Å². The topological polar surface area (TPSA) is 37.8 Å². The molecule has 0 spiro atoms. The van der Waals surface area contributed by atoms with Crippen LogP contribution >= 0.6 is 0 Å². The summed E-state index contributed by atoms with van der Waals surface area (Å²) in [6.45, 7) is 8.41. The van der Waals surface area contributed by atoms with Gasteiger partial charge in [-0.2, -0.15) is 0 Å². The number of unbranched alkanes of at least 4 members (excludes halogenated alkanes) is 3. The van der Waals surface area contributed by atoms with Crippen LogP contribution in [0, 0.1) is 13.8 Å². The molecule has 0 saturated heterocycles. The molecule has 3 nitrogen and oxygen atoms in total. The van der Waals surface area contributed by atoms with Crippen LogP contribution in [0.2, 0.25) is 0 Å². The van der Waals surface area contributed by atoms with Gasteiger partial charge >= 0.3 is 0 Å². The summed E-state index contributed by atoms with van der Waals surface area (Å²) < 4.78 is 0. The number of aromatic nitrogens is 2. The van der Waals surface area contributed by atoms with E-state index in [9.17, 15) is 0 Å². The summed E-state index contributed by atoms with van der Waals surface area (Å²) in [4.78, 5) is 8.67. The molecule has 17 heavy (non-hydrogen) atoms. The summed E-state index contributed by atoms with van der Waals surface area (Å²) in [6.07, 6.45) is 6.49. The molecule has 0 aliphatic carbocycles. The summed E-state index contributed by atoms with van der Waals surface area (Å²) in [5, 5.41) is 3.45. The molecular formula is C14H25N3. The van der Waals surface area contributed by atoms with Crippen LogP contribution in [0.1, 0.15) is 57.5 Å². The molecule has 0 amide bonds. The van der Waals surface area contributed by atoms with Crippen LogP contribution < -0.4 is 5.32 Å². The highest BCUT2D eigenvalue weighted by Crippen LogP contribution is 2.11. The van der Waals surface area contributed by atoms with Gasteiger partial charge in [0.25, 0.3) is 0 Å². The molecule has 1 atom stereocenters. The first-order chi connectivity index (χ1) is 8.11. The lowest BCUT2D eigenvalue weighted by molar-refractivity contribution is 0.592. The smallest absolute Gasteiger partial charge is 0.130 e. The Morgan fingerprint density at radius 1 is 1.18 bits per heavy atom. The molecule has 1 aromatic heterocycles. The van der Waals surface area contributed by atoms with E-state index >= 15 is 0 Å². The van der Waals surface area contributed by atoms with Crippen LogP contribution in [0.3, 0.4) is 0 Å². The van der Waals surface area contributed by atoms with Gasteiger partial charge in [0.15, 0.2) is 0 Å². The highest BCUT2D eigenvalue weighted by atomic mass is 15.0. The summed E-state index contributed by atoms with van der Waals surface area (Å²) >= 11 is 0. The lowest BCUT2D eigenvalue weighted by Gasteiger charge is -2.14. The summed E-state index contributed by atoms with van der Waals surface area (Å²) in [5.74, 6) is 1.80. The molecule has 1 aromatic rings. The van der Waals surface area contributed by atoms with Crippen molar-refractivity contribution in [3.8, 4) is 0 Å². The van der Waals surface area contributed by atoms with Gasteiger partial charge in [0.2, 0.25) is 0 Å². The molecule has 0 aliphatic rings. The molecule has 1 N–H and O–H groups in total. The molecule has 96 valence electrons. The second kappa shape index (κ2) is 7.25. The molecule has 1 heterocycles. The van der Waals surface area contributed by atoms with Crippen LogP contribution in [0.25, 0.3) is 0 Å². The third-order valence-electron chi connectivity index (χ3n) is 2.85. The zero-order chi connectivity index (χ0) is 12.7. The van der Waals surface area contributed by atoms with Gasteiger partial charge in [-0.3, -0.25) is 0 Å². The molecule has 0 saturated carbocycles. The fraction of sp³-hybridized carbons (Fsp3) is 0.714. The minimum atomic E-state index is 0.487. The highest BCUT2D eigenvalue weighted by molar-refractivity contribution is 5.36. The van der Waals surface area contributed by atoms with Crippen LogP contribution in [-0.2, 0) is 0 Å². The van der Waals surface area contributed by atoms with Crippen LogP contribution in [-0.4, -0.2) is 16.0 Å². The number of hydrogen-bond acceptors (Lipinski definition) is 3. The maximum absolute atomic E-state index is 4.40. The van der Waals surface area contributed by atoms with Crippen LogP contribution in [0.5, 0.6) is 0 Å². The molecular weight excluding hydrogens is 210 g/mol. The fourth-order valence-electron chi connectivity index (χ4n) is 1.99. The van der Waals surface area contributed by atoms with Crippen molar-refractivity contribution in [2.75, 3.05) is 5.32 Å². The van der Waals surface area contributed by atoms with E-state index in [-0.39, 0.29) is 0 Å². The normalized spacial score (nSPS) is 12.5. The van der Waals surface area contributed by atoms with Crippen LogP contribution in [0.15, 0.2) is 6.07 Å². The third kappa shape index (κ3) is 5.66. The van der Waals surface area contributed by atoms with Gasteiger partial charge in [-0.15, -0.1) is 0 Å². The van der Waals surface area contributed by atoms with E-state index in [0.29, 0.717) is 6.04 Å². The minimum Gasteiger partial charge on any atom is -0.368 e. The van der Waals surface area contributed by atoms with Crippen molar-refractivity contribution in [2.45, 2.75) is 65.8 Å². The lowest BCUT2D eigenvalue weighted by atomic mass is 10.1. The molecule has 0 aliphatic heterocycles. The SMILES string of the molecule is CCCCCCC(C)Nc1cc(C)nc(C)n1. The van der Waals surface area contributed by atoms with Gasteiger partial charge in [0, 0.05) is 17.8 Å². The molecule has 0 radical (unpaired) electrons. The molecule has 0 fully saturated rings. The van der Waals surface area contributed by atoms with Gasteiger partial charge in [0.1, 0.15) is 11.6 Å². The quantitative estimate of drug-likeness (QED) is 0.729. The van der Waals surface area contributed by atoms with Crippen molar-refractivity contribution in [1.82, 2.24) is 9.97 Å². The molecule has 0 aromatic carbocycles. The first-order valence-electron chi connectivity index (χ1n) is 6.70. The average Bonchev–Trinajstić information content (AvgIpc) is 2.23. The summed E-state index contributed by atoms with van der Waals surface area (Å²) in [7, 11) is 0. The van der Waals surface area contributed by atoms with E-state index < -0.39 is 0 Å². The third-order valence-corrected chi connectivity index (χ3v) is 2.85. The van der Waals surface area contributed by atoms with Crippen molar-refractivity contribution >= 4 is 5.82 Å². The zero-order valence-corrected chi connectivity index (χ0v) is 11.6. The maximum Gasteiger partial charge on any atom is 0.130 e. The second-order valence-corrected chi connectivity index (χ2v) is 4.84. The Morgan fingerprint density at radius 2 is 1.94 bits per heavy atom. The fourth-order valence-corrected chi connectivity index (χ4v) is 1.99. The number of nitrogens with zero attached hydrogens (tertiary/aromatic N) is 2. The number of rotatable bonds is 7. The number of nitrogens with one attached hydrogen (secondary N) is 1. The minimum absolute atomic E-state index is 0.487. The first kappa shape index (κ1) is 13.9. The number of hydrogen-bond donors (Lipinski definition) is 1. The number of aryl methyl sites for hydroxylation is 2. The predicted octanol–water partition coefficient (Wildman–Crippen LogP) is 3.86. The van der Waals surface area contributed by atoms with Crippen molar-refractivity contribution in [3.63, 3.8) is 0 Å². The average molecular weight is 235 g/mol. The zero-order valence-electron chi connectivity index (χ0n) is 11.6. The molecule has 3 heteroatoms. The van der Waals surface area contributed by atoms with E-state index in [0.717, 1.165) is 17.3 Å². The van der Waals surface area contributed by atoms with Crippen molar-refractivity contribution in [1.29, 1.82) is 0 Å². The van der Waals surface area contributed by atoms with Crippen molar-refractivity contribution in [3.05, 3.63) is 17.6 Å². The highest BCUT2D eigenvalue weighted by Gasteiger charge is 2.04. The van der Waals surface area contributed by atoms with Crippen molar-refractivity contribution < 1.29 is 0 Å². The van der Waals surface area contributed by atoms with E-state index in [4.69, 9.17) is 0 Å². The predicted molar refractivity (Wildman–Crippen MR) is 73.3 cm³/mol. The standard InChI is InChI=1S/C14H25N3/c1-5-6-7-8-9-11(2)16-14-10-12(3)15-13(4)17-14/h10-11H,5-9H2,1-4H3,(H,15,16,17). The number of anilines is 1. The Bertz CT molecular complexity index is 316. The van der Waals surface area contributed by atoms with Gasteiger partial charge in [-0.05, 0) is 27.2 Å². The molecule has 0 bridgehead atoms. The van der Waals surface area contributed by atoms with Crippen LogP contribution in [0.4, 0.5) is 5.82 Å². The maximum atomic E-state index is 4.40. The van der Waals surface area contributed by atoms with E-state index in [1.807, 2.05) is 19.9 Å². The monoisotopic (exact) mass is 235 g/mol. The Labute approximate surface area is 105 Å². The van der Waals surface area contributed by atoms with E-state index in [2.05, 4.69) is 29.1 Å². The first-order valence-corrected chi connectivity index (χ1v) is 6.70. The molecule has 1 unspecified atom stereocenters. The Morgan fingerprint density at radius 3 is 2.59 bits per heavy atom. The second-order valence-electron chi connectivity index (χ2n) is 4.84. The van der Waals surface area contributed by atoms with E-state index in [1.165, 1.54) is 32.1 Å². The Hall–Kier alpha value is -1.12. The summed E-state index contributed by atoms with van der Waals surface area (Å²) in [6, 6.07) is 2.50. The van der Waals surface area contributed by atoms with Gasteiger partial charge in [-0.1, -0.05) is 32.6 Å². The van der Waals surface area contributed by atoms with Gasteiger partial charge in [0.05, 0.1) is 0 Å². The van der Waals surface area contributed by atoms with E-state index in [1.54, 1.807) is 0 Å².